The summed E-state index contributed by atoms with van der Waals surface area (Å²) in [6.07, 6.45) is 0.818. The van der Waals surface area contributed by atoms with Crippen LogP contribution in [0.2, 0.25) is 10.0 Å². The zero-order chi connectivity index (χ0) is 31.1. The molecule has 4 rings (SSSR count). The number of benzene rings is 2. The number of allylic oxidation sites excluding steroid dienone is 1. The lowest BCUT2D eigenvalue weighted by atomic mass is 9.80. The summed E-state index contributed by atoms with van der Waals surface area (Å²) in [5.41, 5.74) is 4.30. The molecule has 0 radical (unpaired) electrons. The van der Waals surface area contributed by atoms with Crippen molar-refractivity contribution >= 4 is 52.7 Å². The Morgan fingerprint density at radius 3 is 2.44 bits per heavy atom. The second-order valence-corrected chi connectivity index (χ2v) is 10.4. The zero-order valence-electron chi connectivity index (χ0n) is 22.9. The normalized spacial score (nSPS) is 16.7. The topological polar surface area (TPSA) is 176 Å². The summed E-state index contributed by atoms with van der Waals surface area (Å²) in [7, 11) is 0. The zero-order valence-corrected chi connectivity index (χ0v) is 24.4. The Bertz CT molecular complexity index is 1550. The highest BCUT2D eigenvalue weighted by atomic mass is 35.5. The van der Waals surface area contributed by atoms with Crippen molar-refractivity contribution in [2.45, 2.75) is 25.7 Å². The van der Waals surface area contributed by atoms with E-state index in [4.69, 9.17) is 32.7 Å². The van der Waals surface area contributed by atoms with Crippen molar-refractivity contribution in [2.24, 2.45) is 5.10 Å². The van der Waals surface area contributed by atoms with Gasteiger partial charge in [-0.15, -0.1) is 0 Å². The van der Waals surface area contributed by atoms with Crippen molar-refractivity contribution in [3.63, 3.8) is 0 Å². The number of dihydropyridines is 1. The Kier molecular flexibility index (Phi) is 10.4. The summed E-state index contributed by atoms with van der Waals surface area (Å²) < 4.78 is 11.1. The number of nitrogens with one attached hydrogen (secondary N) is 3. The number of amides is 2. The third-order valence-electron chi connectivity index (χ3n) is 6.67. The van der Waals surface area contributed by atoms with Crippen LogP contribution in [-0.2, 0) is 23.9 Å². The van der Waals surface area contributed by atoms with E-state index >= 15 is 0 Å². The molecule has 2 aromatic rings. The maximum absolute atomic E-state index is 12.3. The molecule has 0 saturated carbocycles. The summed E-state index contributed by atoms with van der Waals surface area (Å²) in [5, 5.41) is 29.9. The molecule has 2 aliphatic heterocycles. The Morgan fingerprint density at radius 2 is 1.79 bits per heavy atom. The largest absolute Gasteiger partial charge is 0.482 e. The van der Waals surface area contributed by atoms with Crippen LogP contribution >= 0.6 is 23.2 Å². The Labute approximate surface area is 256 Å². The molecule has 43 heavy (non-hydrogen) atoms. The van der Waals surface area contributed by atoms with E-state index in [0.717, 1.165) is 5.56 Å². The Balaban J connectivity index is 1.31. The van der Waals surface area contributed by atoms with Crippen molar-refractivity contribution in [3.05, 3.63) is 86.2 Å². The van der Waals surface area contributed by atoms with Crippen LogP contribution < -0.4 is 20.8 Å². The molecule has 226 valence electrons. The predicted octanol–water partition coefficient (Wildman–Crippen LogP) is 3.20. The summed E-state index contributed by atoms with van der Waals surface area (Å²) in [6, 6.07) is 11.4. The van der Waals surface area contributed by atoms with Crippen LogP contribution in [0.15, 0.2) is 70.1 Å². The molecule has 0 bridgehead atoms. The molecule has 1 atom stereocenters. The first-order chi connectivity index (χ1) is 20.6. The number of hydrogen-bond donors (Lipinski definition) is 5. The van der Waals surface area contributed by atoms with Gasteiger partial charge in [0.1, 0.15) is 5.75 Å². The molecule has 0 aliphatic carbocycles. The molecule has 5 N–H and O–H groups in total. The maximum Gasteiger partial charge on any atom is 0.334 e. The fourth-order valence-electron chi connectivity index (χ4n) is 4.68. The average Bonchev–Trinajstić information content (AvgIpc) is 2.96. The molecule has 0 fully saturated rings. The number of halogens is 2. The molecule has 0 aromatic heterocycles. The van der Waals surface area contributed by atoms with Gasteiger partial charge >= 0.3 is 11.9 Å². The third kappa shape index (κ3) is 7.72. The van der Waals surface area contributed by atoms with Gasteiger partial charge in [0.05, 0.1) is 46.7 Å². The first-order valence-corrected chi connectivity index (χ1v) is 13.9. The number of hydrogen-bond acceptors (Lipinski definition) is 8. The molecule has 0 saturated heterocycles. The van der Waals surface area contributed by atoms with Gasteiger partial charge in [0.25, 0.3) is 5.91 Å². The molecular formula is C29H28Cl2N4O8. The number of ether oxygens (including phenoxy) is 2. The number of aliphatic carboxylic acids is 2. The van der Waals surface area contributed by atoms with Gasteiger partial charge in [0.15, 0.2) is 6.61 Å². The lowest BCUT2D eigenvalue weighted by molar-refractivity contribution is -0.133. The smallest absolute Gasteiger partial charge is 0.334 e. The van der Waals surface area contributed by atoms with E-state index in [1.165, 1.54) is 6.92 Å². The second-order valence-electron chi connectivity index (χ2n) is 9.55. The first-order valence-electron chi connectivity index (χ1n) is 13.1. The van der Waals surface area contributed by atoms with Gasteiger partial charge in [-0.25, -0.2) is 15.0 Å². The van der Waals surface area contributed by atoms with Crippen LogP contribution in [0, 0.1) is 0 Å². The van der Waals surface area contributed by atoms with E-state index in [9.17, 15) is 29.4 Å². The first kappa shape index (κ1) is 31.5. The van der Waals surface area contributed by atoms with E-state index < -0.39 is 23.8 Å². The van der Waals surface area contributed by atoms with Crippen molar-refractivity contribution in [3.8, 4) is 5.75 Å². The summed E-state index contributed by atoms with van der Waals surface area (Å²) >= 11 is 12.6. The van der Waals surface area contributed by atoms with Gasteiger partial charge in [-0.1, -0.05) is 41.4 Å². The minimum Gasteiger partial charge on any atom is -0.482 e. The fraction of sp³-hybridized carbons (Fsp3) is 0.276. The minimum absolute atomic E-state index is 0.0310. The molecule has 0 spiro atoms. The molecule has 12 nitrogen and oxygen atoms in total. The molecule has 2 aromatic carbocycles. The number of carbonyl (C=O) groups excluding carboxylic acids is 2. The highest BCUT2D eigenvalue weighted by Gasteiger charge is 2.38. The van der Waals surface area contributed by atoms with Crippen LogP contribution in [-0.4, -0.2) is 66.0 Å². The minimum atomic E-state index is -1.32. The number of carbonyl (C=O) groups is 4. The highest BCUT2D eigenvalue weighted by Crippen LogP contribution is 2.41. The average molecular weight is 631 g/mol. The number of carboxylic acids is 2. The number of carboxylic acid groups (broad SMARTS) is 2. The van der Waals surface area contributed by atoms with Crippen molar-refractivity contribution in [1.29, 1.82) is 0 Å². The molecule has 2 aliphatic rings. The monoisotopic (exact) mass is 630 g/mol. The summed E-state index contributed by atoms with van der Waals surface area (Å²) in [5.74, 6) is -4.01. The van der Waals surface area contributed by atoms with Gasteiger partial charge in [0.2, 0.25) is 5.91 Å². The van der Waals surface area contributed by atoms with Gasteiger partial charge < -0.3 is 30.3 Å². The van der Waals surface area contributed by atoms with E-state index in [-0.39, 0.29) is 64.9 Å². The van der Waals surface area contributed by atoms with E-state index in [1.807, 2.05) is 0 Å². The fourth-order valence-corrected chi connectivity index (χ4v) is 5.16. The summed E-state index contributed by atoms with van der Waals surface area (Å²) in [6.45, 7) is 1.17. The van der Waals surface area contributed by atoms with E-state index in [2.05, 4.69) is 21.2 Å². The molecule has 2 amide bonds. The van der Waals surface area contributed by atoms with Crippen LogP contribution in [0.3, 0.4) is 0 Å². The van der Waals surface area contributed by atoms with Crippen molar-refractivity contribution < 1.29 is 38.9 Å². The maximum atomic E-state index is 12.3. The third-order valence-corrected chi connectivity index (χ3v) is 7.30. The lowest BCUT2D eigenvalue weighted by Crippen LogP contribution is -2.35. The number of nitrogens with zero attached hydrogens (tertiary/aromatic N) is 1. The van der Waals surface area contributed by atoms with Crippen molar-refractivity contribution in [2.75, 3.05) is 26.4 Å². The van der Waals surface area contributed by atoms with Crippen LogP contribution in [0.25, 0.3) is 0 Å². The van der Waals surface area contributed by atoms with E-state index in [1.54, 1.807) is 42.5 Å². The molecule has 2 heterocycles. The highest BCUT2D eigenvalue weighted by molar-refractivity contribution is 6.32. The van der Waals surface area contributed by atoms with Crippen LogP contribution in [0.4, 0.5) is 0 Å². The summed E-state index contributed by atoms with van der Waals surface area (Å²) in [4.78, 5) is 48.0. The molecular weight excluding hydrogens is 603 g/mol. The van der Waals surface area contributed by atoms with Gasteiger partial charge in [-0.05, 0) is 42.3 Å². The second kappa shape index (κ2) is 14.2. The number of hydrazone groups is 1. The standard InChI is InChI=1S/C29H28Cl2N4O8/c1-15-25(28(38)39)26(17-4-2-3-5-18(17)30)27(29(40)41)21(33-15)13-42-11-10-32-24(37)14-43-22-8-6-16(12-19(22)31)20-7-9-23(36)35-34-20/h2-6,8,12,26,33H,7,9-11,13-14H2,1H3,(H,32,37)(H,35,36)(H,38,39)(H,40,41). The van der Waals surface area contributed by atoms with Gasteiger partial charge in [-0.3, -0.25) is 9.59 Å². The van der Waals surface area contributed by atoms with E-state index in [0.29, 0.717) is 29.9 Å². The quantitative estimate of drug-likeness (QED) is 0.220. The molecule has 14 heteroatoms. The van der Waals surface area contributed by atoms with Gasteiger partial charge in [-0.2, -0.15) is 5.10 Å². The Morgan fingerprint density at radius 1 is 1.05 bits per heavy atom. The van der Waals surface area contributed by atoms with Crippen LogP contribution in [0.5, 0.6) is 5.75 Å². The lowest BCUT2D eigenvalue weighted by Gasteiger charge is -2.30. The molecule has 1 unspecified atom stereocenters. The predicted molar refractivity (Wildman–Crippen MR) is 157 cm³/mol. The number of rotatable bonds is 12. The van der Waals surface area contributed by atoms with Crippen LogP contribution in [0.1, 0.15) is 36.8 Å². The SMILES string of the molecule is CC1=C(C(=O)O)C(c2ccccc2Cl)C(C(=O)O)=C(COCCNC(=O)COc2ccc(C3=NNC(=O)CC3)cc2Cl)N1. The van der Waals surface area contributed by atoms with Crippen molar-refractivity contribution in [1.82, 2.24) is 16.1 Å². The van der Waals surface area contributed by atoms with Gasteiger partial charge in [0, 0.05) is 30.1 Å². The Hall–Kier alpha value is -4.39.